The highest BCUT2D eigenvalue weighted by Crippen LogP contribution is 2.65. The molecule has 0 saturated heterocycles. The van der Waals surface area contributed by atoms with Crippen LogP contribution in [-0.4, -0.2) is 0 Å². The Balaban J connectivity index is 1.01. The molecule has 2 aliphatic carbocycles. The van der Waals surface area contributed by atoms with E-state index in [-0.39, 0.29) is 0 Å². The van der Waals surface area contributed by atoms with E-state index in [2.05, 4.69) is 254 Å². The van der Waals surface area contributed by atoms with Gasteiger partial charge in [-0.3, -0.25) is 0 Å². The molecule has 69 heavy (non-hydrogen) atoms. The predicted octanol–water partition coefficient (Wildman–Crippen LogP) is 17.3. The Bertz CT molecular complexity index is 3850. The maximum Gasteiger partial charge on any atom is 0.132 e. The van der Waals surface area contributed by atoms with E-state index in [1.54, 1.807) is 0 Å². The van der Waals surface area contributed by atoms with Crippen LogP contribution in [0.15, 0.2) is 259 Å². The van der Waals surface area contributed by atoms with Crippen LogP contribution in [-0.2, 0) is 10.8 Å². The van der Waals surface area contributed by atoms with E-state index in [0.717, 1.165) is 45.3 Å². The zero-order valence-electron chi connectivity index (χ0n) is 37.4. The lowest BCUT2D eigenvalue weighted by Gasteiger charge is -2.39. The molecule has 0 aromatic heterocycles. The van der Waals surface area contributed by atoms with Crippen molar-refractivity contribution >= 4 is 39.6 Å². The summed E-state index contributed by atoms with van der Waals surface area (Å²) in [6.45, 7) is 0. The Labute approximate surface area is 405 Å². The third kappa shape index (κ3) is 5.17. The highest BCUT2D eigenvalue weighted by Gasteiger charge is 2.53. The number of rotatable bonds is 4. The summed E-state index contributed by atoms with van der Waals surface area (Å²) in [6.07, 6.45) is 0. The first-order chi connectivity index (χ1) is 34.2. The van der Waals surface area contributed by atoms with Gasteiger partial charge in [0.1, 0.15) is 11.5 Å². The van der Waals surface area contributed by atoms with Crippen LogP contribution in [0.5, 0.6) is 11.5 Å². The van der Waals surface area contributed by atoms with Gasteiger partial charge in [0.15, 0.2) is 0 Å². The minimum Gasteiger partial charge on any atom is -0.457 e. The quantitative estimate of drug-likeness (QED) is 0.175. The molecule has 0 atom stereocenters. The van der Waals surface area contributed by atoms with Gasteiger partial charge in [0.2, 0.25) is 0 Å². The predicted molar refractivity (Wildman–Crippen MR) is 283 cm³/mol. The topological polar surface area (TPSA) is 12.5 Å². The van der Waals surface area contributed by atoms with Crippen LogP contribution in [0.3, 0.4) is 0 Å². The Morgan fingerprint density at radius 3 is 1.55 bits per heavy atom. The van der Waals surface area contributed by atoms with Crippen LogP contribution in [0.2, 0.25) is 0 Å². The highest BCUT2D eigenvalue weighted by atomic mass is 32.2. The summed E-state index contributed by atoms with van der Waals surface area (Å²) >= 11 is 1.89. The van der Waals surface area contributed by atoms with Gasteiger partial charge in [-0.2, -0.15) is 0 Å². The lowest BCUT2D eigenvalue weighted by Crippen LogP contribution is -2.32. The molecule has 3 heteroatoms. The third-order valence-corrected chi connectivity index (χ3v) is 16.5. The summed E-state index contributed by atoms with van der Waals surface area (Å²) in [5.41, 5.74) is 19.9. The fourth-order valence-corrected chi connectivity index (χ4v) is 13.9. The van der Waals surface area contributed by atoms with Crippen molar-refractivity contribution in [1.82, 2.24) is 0 Å². The van der Waals surface area contributed by atoms with Crippen molar-refractivity contribution in [3.63, 3.8) is 0 Å². The van der Waals surface area contributed by atoms with Crippen LogP contribution in [0.25, 0.3) is 44.2 Å². The zero-order valence-corrected chi connectivity index (χ0v) is 38.3. The van der Waals surface area contributed by atoms with Crippen LogP contribution >= 0.6 is 11.8 Å². The summed E-state index contributed by atoms with van der Waals surface area (Å²) in [5.74, 6) is 1.78. The molecule has 0 amide bonds. The summed E-state index contributed by atoms with van der Waals surface area (Å²) in [7, 11) is 0. The van der Waals surface area contributed by atoms with Crippen molar-refractivity contribution in [3.05, 3.63) is 293 Å². The maximum atomic E-state index is 6.73. The van der Waals surface area contributed by atoms with Crippen molar-refractivity contribution in [3.8, 4) is 44.9 Å². The number of benzene rings is 11. The molecule has 0 fully saturated rings. The van der Waals surface area contributed by atoms with Gasteiger partial charge in [0.05, 0.1) is 22.2 Å². The van der Waals surface area contributed by atoms with E-state index in [1.165, 1.54) is 81.8 Å². The largest absolute Gasteiger partial charge is 0.457 e. The van der Waals surface area contributed by atoms with Crippen LogP contribution in [0.1, 0.15) is 44.5 Å². The first-order valence-electron chi connectivity index (χ1n) is 23.8. The molecule has 2 heterocycles. The van der Waals surface area contributed by atoms with Gasteiger partial charge in [-0.15, -0.1) is 0 Å². The van der Waals surface area contributed by atoms with Gasteiger partial charge in [0.25, 0.3) is 0 Å². The van der Waals surface area contributed by atoms with Crippen LogP contribution in [0, 0.1) is 0 Å². The lowest BCUT2D eigenvalue weighted by molar-refractivity contribution is 0.436. The van der Waals surface area contributed by atoms with Gasteiger partial charge in [-0.25, -0.2) is 0 Å². The number of nitrogens with zero attached hydrogens (tertiary/aromatic N) is 1. The molecule has 2 spiro atoms. The molecular formula is C66H41NOS. The molecule has 0 saturated carbocycles. The van der Waals surface area contributed by atoms with Crippen molar-refractivity contribution in [2.45, 2.75) is 20.6 Å². The Hall–Kier alpha value is -8.37. The molecule has 322 valence electrons. The summed E-state index contributed by atoms with van der Waals surface area (Å²) < 4.78 is 6.73. The van der Waals surface area contributed by atoms with E-state index >= 15 is 0 Å². The van der Waals surface area contributed by atoms with E-state index in [4.69, 9.17) is 4.74 Å². The number of fused-ring (bicyclic) bond motifs is 19. The first-order valence-corrected chi connectivity index (χ1v) is 24.6. The molecule has 0 bridgehead atoms. The number of hydrogen-bond acceptors (Lipinski definition) is 3. The maximum absolute atomic E-state index is 6.73. The molecule has 0 radical (unpaired) electrons. The fraction of sp³-hybridized carbons (Fsp3) is 0.0303. The van der Waals surface area contributed by atoms with Gasteiger partial charge < -0.3 is 9.64 Å². The van der Waals surface area contributed by atoms with Gasteiger partial charge in [-0.05, 0) is 127 Å². The van der Waals surface area contributed by atoms with E-state index in [0.29, 0.717) is 0 Å². The van der Waals surface area contributed by atoms with Crippen molar-refractivity contribution in [2.24, 2.45) is 0 Å². The fourth-order valence-electron chi connectivity index (χ4n) is 12.7. The Kier molecular flexibility index (Phi) is 8.17. The van der Waals surface area contributed by atoms with Gasteiger partial charge >= 0.3 is 0 Å². The molecule has 11 aromatic rings. The van der Waals surface area contributed by atoms with Crippen molar-refractivity contribution in [1.29, 1.82) is 0 Å². The number of para-hydroxylation sites is 3. The van der Waals surface area contributed by atoms with Gasteiger partial charge in [0, 0.05) is 37.7 Å². The average molecular weight is 896 g/mol. The second kappa shape index (κ2) is 14.6. The lowest BCUT2D eigenvalue weighted by atomic mass is 9.66. The SMILES string of the molecule is c1ccc(-c2ccccc2N(c2ccc3cc4c(cc3c2)-c2ccccc2C42c3ccccc3Sc3ccccc32)c2cccc3c2-c2ccccc2C32c3ccccc3Oc3ccccc32)cc1. The van der Waals surface area contributed by atoms with Gasteiger partial charge in [-0.1, -0.05) is 200 Å². The smallest absolute Gasteiger partial charge is 0.132 e. The molecule has 2 nitrogen and oxygen atoms in total. The average Bonchev–Trinajstić information content (AvgIpc) is 3.86. The molecule has 11 aromatic carbocycles. The summed E-state index contributed by atoms with van der Waals surface area (Å²) in [4.78, 5) is 5.16. The number of ether oxygens (including phenoxy) is 1. The molecule has 0 N–H and O–H groups in total. The van der Waals surface area contributed by atoms with Crippen LogP contribution < -0.4 is 9.64 Å². The van der Waals surface area contributed by atoms with E-state index in [9.17, 15) is 0 Å². The second-order valence-corrected chi connectivity index (χ2v) is 19.7. The molecule has 15 rings (SSSR count). The Morgan fingerprint density at radius 2 is 0.841 bits per heavy atom. The van der Waals surface area contributed by atoms with E-state index in [1.807, 2.05) is 11.8 Å². The molecular weight excluding hydrogens is 855 g/mol. The summed E-state index contributed by atoms with van der Waals surface area (Å²) in [5, 5.41) is 2.41. The minimum absolute atomic E-state index is 0.437. The second-order valence-electron chi connectivity index (χ2n) is 18.6. The minimum atomic E-state index is -0.597. The monoisotopic (exact) mass is 895 g/mol. The highest BCUT2D eigenvalue weighted by molar-refractivity contribution is 7.99. The van der Waals surface area contributed by atoms with E-state index < -0.39 is 10.8 Å². The zero-order chi connectivity index (χ0) is 45.3. The third-order valence-electron chi connectivity index (χ3n) is 15.4. The summed E-state index contributed by atoms with van der Waals surface area (Å²) in [6, 6.07) is 92.3. The number of anilines is 3. The van der Waals surface area contributed by atoms with Crippen molar-refractivity contribution < 1.29 is 4.74 Å². The Morgan fingerprint density at radius 1 is 0.319 bits per heavy atom. The molecule has 2 aliphatic heterocycles. The van der Waals surface area contributed by atoms with Crippen LogP contribution in [0.4, 0.5) is 17.1 Å². The molecule has 4 aliphatic rings. The first kappa shape index (κ1) is 38.7. The van der Waals surface area contributed by atoms with Crippen molar-refractivity contribution in [2.75, 3.05) is 4.90 Å². The molecule has 0 unspecified atom stereocenters. The standard InChI is InChI=1S/C66H41NOS/c1-2-19-42(20-3-1)46-21-6-13-31-58(46)67(59-32-18-30-56-64(59)48-23-5-8-25-51(48)65(56)52-26-9-14-33-60(52)68-61-34-15-10-27-53(61)65)45-38-37-43-41-57-49(40-44(43)39-45)47-22-4-7-24-50(47)66(57)54-28-11-16-35-62(54)69-63-36-17-12-29-55(63)66/h1-41H. The normalized spacial score (nSPS) is 14.4. The number of hydrogen-bond donors (Lipinski definition) is 0.